The molecule has 0 bridgehead atoms. The van der Waals surface area contributed by atoms with Crippen molar-refractivity contribution in [1.29, 1.82) is 0 Å². The molecule has 2 nitrogen and oxygen atoms in total. The van der Waals surface area contributed by atoms with Crippen LogP contribution in [0.5, 0.6) is 0 Å². The quantitative estimate of drug-likeness (QED) is 0.749. The van der Waals surface area contributed by atoms with Gasteiger partial charge >= 0.3 is 0 Å². The van der Waals surface area contributed by atoms with Gasteiger partial charge in [0, 0.05) is 11.7 Å². The molecule has 0 radical (unpaired) electrons. The van der Waals surface area contributed by atoms with E-state index in [2.05, 4.69) is 4.98 Å². The lowest BCUT2D eigenvalue weighted by molar-refractivity contribution is 0.253. The Morgan fingerprint density at radius 3 is 2.77 bits per heavy atom. The molecular weight excluding hydrogens is 184 g/mol. The summed E-state index contributed by atoms with van der Waals surface area (Å²) in [6, 6.07) is 1.94. The van der Waals surface area contributed by atoms with Crippen LogP contribution < -0.4 is 5.73 Å². The third-order valence-electron chi connectivity index (χ3n) is 2.85. The minimum Gasteiger partial charge on any atom is -0.321 e. The fourth-order valence-electron chi connectivity index (χ4n) is 1.76. The number of nitrogens with zero attached hydrogens (tertiary/aromatic N) is 1. The van der Waals surface area contributed by atoms with Gasteiger partial charge in [-0.15, -0.1) is 0 Å². The molecular formula is C10H13ClN2. The number of hydrogen-bond acceptors (Lipinski definition) is 2. The van der Waals surface area contributed by atoms with Gasteiger partial charge in [0.25, 0.3) is 0 Å². The van der Waals surface area contributed by atoms with Gasteiger partial charge in [-0.2, -0.15) is 0 Å². The molecule has 1 heterocycles. The molecule has 2 N–H and O–H groups in total. The van der Waals surface area contributed by atoms with Crippen LogP contribution in [0.3, 0.4) is 0 Å². The zero-order chi connectivity index (χ0) is 9.47. The molecule has 13 heavy (non-hydrogen) atoms. The first-order valence-electron chi connectivity index (χ1n) is 4.54. The number of hydrogen-bond donors (Lipinski definition) is 1. The number of aromatic nitrogens is 1. The summed E-state index contributed by atoms with van der Waals surface area (Å²) < 4.78 is 0. The molecule has 2 rings (SSSR count). The second-order valence-corrected chi connectivity index (χ2v) is 4.15. The van der Waals surface area contributed by atoms with Crippen molar-refractivity contribution in [3.8, 4) is 0 Å². The largest absolute Gasteiger partial charge is 0.321 e. The maximum Gasteiger partial charge on any atom is 0.0669 e. The Bertz CT molecular complexity index is 332. The minimum atomic E-state index is -0.176. The molecule has 0 amide bonds. The van der Waals surface area contributed by atoms with Crippen molar-refractivity contribution >= 4 is 11.6 Å². The van der Waals surface area contributed by atoms with Gasteiger partial charge in [-0.05, 0) is 37.8 Å². The Morgan fingerprint density at radius 2 is 2.23 bits per heavy atom. The van der Waals surface area contributed by atoms with Gasteiger partial charge in [-0.1, -0.05) is 11.6 Å². The van der Waals surface area contributed by atoms with E-state index in [0.717, 1.165) is 29.1 Å². The highest BCUT2D eigenvalue weighted by molar-refractivity contribution is 6.32. The topological polar surface area (TPSA) is 38.9 Å². The minimum absolute atomic E-state index is 0.176. The van der Waals surface area contributed by atoms with Crippen LogP contribution in [-0.2, 0) is 5.54 Å². The summed E-state index contributed by atoms with van der Waals surface area (Å²) in [5, 5.41) is 0.740. The van der Waals surface area contributed by atoms with Gasteiger partial charge < -0.3 is 5.73 Å². The number of pyridine rings is 1. The Kier molecular flexibility index (Phi) is 2.05. The van der Waals surface area contributed by atoms with E-state index in [1.165, 1.54) is 6.42 Å². The smallest absolute Gasteiger partial charge is 0.0669 e. The normalized spacial score (nSPS) is 19.6. The molecule has 1 fully saturated rings. The Balaban J connectivity index is 2.45. The Hall–Kier alpha value is -0.600. The molecule has 1 saturated carbocycles. The molecule has 0 atom stereocenters. The monoisotopic (exact) mass is 196 g/mol. The summed E-state index contributed by atoms with van der Waals surface area (Å²) in [6.07, 6.45) is 5.06. The van der Waals surface area contributed by atoms with Crippen LogP contribution in [0.25, 0.3) is 0 Å². The average molecular weight is 197 g/mol. The Morgan fingerprint density at radius 1 is 1.54 bits per heavy atom. The predicted octanol–water partition coefficient (Wildman–Crippen LogP) is 2.38. The first-order valence-corrected chi connectivity index (χ1v) is 4.92. The zero-order valence-corrected chi connectivity index (χ0v) is 8.43. The van der Waals surface area contributed by atoms with Crippen LogP contribution in [0.2, 0.25) is 5.02 Å². The molecule has 70 valence electrons. The standard InChI is InChI=1S/C10H13ClN2/c1-7-9(11)8(3-6-13-7)10(12)4-2-5-10/h3,6H,2,4-5,12H2,1H3. The summed E-state index contributed by atoms with van der Waals surface area (Å²) >= 11 is 6.15. The molecule has 1 aromatic heterocycles. The van der Waals surface area contributed by atoms with E-state index in [0.29, 0.717) is 0 Å². The second-order valence-electron chi connectivity index (χ2n) is 3.77. The Labute approximate surface area is 83.1 Å². The number of rotatable bonds is 1. The van der Waals surface area contributed by atoms with Crippen molar-refractivity contribution in [2.45, 2.75) is 31.7 Å². The summed E-state index contributed by atoms with van der Waals surface area (Å²) in [5.74, 6) is 0. The van der Waals surface area contributed by atoms with Crippen molar-refractivity contribution in [3.05, 3.63) is 28.5 Å². The van der Waals surface area contributed by atoms with Crippen molar-refractivity contribution in [1.82, 2.24) is 4.98 Å². The van der Waals surface area contributed by atoms with Gasteiger partial charge in [0.05, 0.1) is 10.7 Å². The van der Waals surface area contributed by atoms with Crippen LogP contribution in [0.1, 0.15) is 30.5 Å². The number of nitrogens with two attached hydrogens (primary N) is 1. The van der Waals surface area contributed by atoms with Crippen molar-refractivity contribution in [3.63, 3.8) is 0 Å². The predicted molar refractivity (Wildman–Crippen MR) is 53.7 cm³/mol. The van der Waals surface area contributed by atoms with E-state index in [4.69, 9.17) is 17.3 Å². The summed E-state index contributed by atoms with van der Waals surface area (Å²) in [6.45, 7) is 1.91. The van der Waals surface area contributed by atoms with Crippen LogP contribution in [0.4, 0.5) is 0 Å². The summed E-state index contributed by atoms with van der Waals surface area (Å²) in [7, 11) is 0. The third kappa shape index (κ3) is 1.34. The van der Waals surface area contributed by atoms with Gasteiger partial charge in [0.15, 0.2) is 0 Å². The first kappa shape index (κ1) is 8.97. The molecule has 0 saturated heterocycles. The van der Waals surface area contributed by atoms with Gasteiger partial charge in [0.1, 0.15) is 0 Å². The molecule has 0 aromatic carbocycles. The highest BCUT2D eigenvalue weighted by Crippen LogP contribution is 2.41. The van der Waals surface area contributed by atoms with Crippen molar-refractivity contribution in [2.75, 3.05) is 0 Å². The molecule has 0 aliphatic heterocycles. The molecule has 1 aliphatic carbocycles. The third-order valence-corrected chi connectivity index (χ3v) is 3.32. The lowest BCUT2D eigenvalue weighted by Gasteiger charge is -2.39. The van der Waals surface area contributed by atoms with E-state index in [1.54, 1.807) is 6.20 Å². The van der Waals surface area contributed by atoms with Crippen LogP contribution >= 0.6 is 11.6 Å². The number of aryl methyl sites for hydroxylation is 1. The maximum atomic E-state index is 6.18. The second kappa shape index (κ2) is 2.96. The van der Waals surface area contributed by atoms with Crippen LogP contribution in [0, 0.1) is 6.92 Å². The lowest BCUT2D eigenvalue weighted by atomic mass is 9.73. The van der Waals surface area contributed by atoms with E-state index >= 15 is 0 Å². The van der Waals surface area contributed by atoms with Crippen LogP contribution in [-0.4, -0.2) is 4.98 Å². The summed E-state index contributed by atoms with van der Waals surface area (Å²) in [4.78, 5) is 4.12. The molecule has 1 aromatic rings. The fourth-order valence-corrected chi connectivity index (χ4v) is 2.06. The molecule has 0 spiro atoms. The fraction of sp³-hybridized carbons (Fsp3) is 0.500. The van der Waals surface area contributed by atoms with Crippen molar-refractivity contribution in [2.24, 2.45) is 5.73 Å². The van der Waals surface area contributed by atoms with Crippen LogP contribution in [0.15, 0.2) is 12.3 Å². The number of halogens is 1. The van der Waals surface area contributed by atoms with Crippen molar-refractivity contribution < 1.29 is 0 Å². The maximum absolute atomic E-state index is 6.18. The SMILES string of the molecule is Cc1nccc(C2(N)CCC2)c1Cl. The highest BCUT2D eigenvalue weighted by atomic mass is 35.5. The average Bonchev–Trinajstić information content (AvgIpc) is 2.06. The lowest BCUT2D eigenvalue weighted by Crippen LogP contribution is -2.43. The molecule has 3 heteroatoms. The van der Waals surface area contributed by atoms with E-state index in [9.17, 15) is 0 Å². The summed E-state index contributed by atoms with van der Waals surface area (Å²) in [5.41, 5.74) is 7.94. The van der Waals surface area contributed by atoms with E-state index in [1.807, 2.05) is 13.0 Å². The van der Waals surface area contributed by atoms with Gasteiger partial charge in [-0.25, -0.2) is 0 Å². The van der Waals surface area contributed by atoms with E-state index in [-0.39, 0.29) is 5.54 Å². The van der Waals surface area contributed by atoms with Gasteiger partial charge in [-0.3, -0.25) is 4.98 Å². The molecule has 0 unspecified atom stereocenters. The van der Waals surface area contributed by atoms with E-state index < -0.39 is 0 Å². The highest BCUT2D eigenvalue weighted by Gasteiger charge is 2.36. The van der Waals surface area contributed by atoms with Gasteiger partial charge in [0.2, 0.25) is 0 Å². The first-order chi connectivity index (χ1) is 6.13. The molecule has 1 aliphatic rings. The zero-order valence-electron chi connectivity index (χ0n) is 7.68.